The molecule has 4 heteroatoms. The maximum absolute atomic E-state index is 12.8. The van der Waals surface area contributed by atoms with E-state index in [0.29, 0.717) is 0 Å². The molecular weight excluding hydrogens is 316 g/mol. The number of carbonyl (C=O) groups is 1. The number of rotatable bonds is 3. The predicted octanol–water partition coefficient (Wildman–Crippen LogP) is 3.95. The predicted molar refractivity (Wildman–Crippen MR) is 101 cm³/mol. The van der Waals surface area contributed by atoms with Gasteiger partial charge in [0, 0.05) is 10.4 Å². The van der Waals surface area contributed by atoms with Crippen molar-refractivity contribution in [1.29, 1.82) is 0 Å². The zero-order valence-electron chi connectivity index (χ0n) is 14.7. The summed E-state index contributed by atoms with van der Waals surface area (Å²) in [5.41, 5.74) is 3.40. The number of nitrogens with one attached hydrogen (secondary N) is 2. The van der Waals surface area contributed by atoms with E-state index in [1.165, 1.54) is 16.0 Å². The molecular formula is C20H26N2OS. The van der Waals surface area contributed by atoms with E-state index in [1.807, 2.05) is 12.1 Å². The van der Waals surface area contributed by atoms with E-state index < -0.39 is 0 Å². The summed E-state index contributed by atoms with van der Waals surface area (Å²) < 4.78 is 0. The molecule has 0 saturated carbocycles. The molecule has 3 rings (SSSR count). The molecule has 2 N–H and O–H groups in total. The number of hydrogen-bond acceptors (Lipinski definition) is 3. The first-order chi connectivity index (χ1) is 11.4. The summed E-state index contributed by atoms with van der Waals surface area (Å²) in [7, 11) is 0. The van der Waals surface area contributed by atoms with Crippen molar-refractivity contribution >= 4 is 17.2 Å². The first kappa shape index (κ1) is 17.2. The fourth-order valence-corrected chi connectivity index (χ4v) is 4.22. The Bertz CT molecular complexity index is 701. The lowest BCUT2D eigenvalue weighted by Gasteiger charge is -2.31. The standard InChI is InChI=1S/C20H26N2OS/c1-20(2,3)18(17-5-4-12-24-17)22-19(23)16-7-6-14-8-10-21-11-9-15(14)13-16/h4-7,12-13,18,21H,8-11H2,1-3H3,(H,22,23)/t18-/m1/s1. The normalized spacial score (nSPS) is 16.1. The van der Waals surface area contributed by atoms with Crippen molar-refractivity contribution < 1.29 is 4.79 Å². The lowest BCUT2D eigenvalue weighted by molar-refractivity contribution is 0.0903. The van der Waals surface area contributed by atoms with E-state index in [-0.39, 0.29) is 17.4 Å². The van der Waals surface area contributed by atoms with Crippen molar-refractivity contribution in [1.82, 2.24) is 10.6 Å². The maximum Gasteiger partial charge on any atom is 0.251 e. The Morgan fingerprint density at radius 2 is 1.92 bits per heavy atom. The molecule has 0 saturated heterocycles. The molecule has 1 aromatic carbocycles. The van der Waals surface area contributed by atoms with Gasteiger partial charge in [0.1, 0.15) is 0 Å². The smallest absolute Gasteiger partial charge is 0.251 e. The van der Waals surface area contributed by atoms with Crippen molar-refractivity contribution in [3.63, 3.8) is 0 Å². The SMILES string of the molecule is CC(C)(C)[C@H](NC(=O)c1ccc2c(c1)CCNCC2)c1cccs1. The summed E-state index contributed by atoms with van der Waals surface area (Å²) in [5.74, 6) is 0.0170. The molecule has 0 fully saturated rings. The molecule has 1 amide bonds. The Labute approximate surface area is 148 Å². The third-order valence-electron chi connectivity index (χ3n) is 4.58. The van der Waals surface area contributed by atoms with Gasteiger partial charge in [0.25, 0.3) is 5.91 Å². The van der Waals surface area contributed by atoms with Crippen LogP contribution < -0.4 is 10.6 Å². The Morgan fingerprint density at radius 1 is 1.17 bits per heavy atom. The maximum atomic E-state index is 12.8. The van der Waals surface area contributed by atoms with E-state index >= 15 is 0 Å². The van der Waals surface area contributed by atoms with Crippen LogP contribution >= 0.6 is 11.3 Å². The van der Waals surface area contributed by atoms with Gasteiger partial charge in [-0.15, -0.1) is 11.3 Å². The Kier molecular flexibility index (Phi) is 5.07. The van der Waals surface area contributed by atoms with E-state index in [0.717, 1.165) is 31.5 Å². The summed E-state index contributed by atoms with van der Waals surface area (Å²) >= 11 is 1.70. The second-order valence-corrected chi connectivity index (χ2v) is 8.50. The third kappa shape index (κ3) is 3.87. The Morgan fingerprint density at radius 3 is 2.58 bits per heavy atom. The number of thiophene rings is 1. The molecule has 3 nitrogen and oxygen atoms in total. The van der Waals surface area contributed by atoms with Crippen molar-refractivity contribution in [3.8, 4) is 0 Å². The van der Waals surface area contributed by atoms with Crippen LogP contribution in [0.2, 0.25) is 0 Å². The Hall–Kier alpha value is -1.65. The van der Waals surface area contributed by atoms with Crippen LogP contribution in [0.5, 0.6) is 0 Å². The average molecular weight is 343 g/mol. The topological polar surface area (TPSA) is 41.1 Å². The van der Waals surface area contributed by atoms with Gasteiger partial charge in [0.15, 0.2) is 0 Å². The molecule has 24 heavy (non-hydrogen) atoms. The van der Waals surface area contributed by atoms with Crippen LogP contribution in [0.3, 0.4) is 0 Å². The molecule has 1 aliphatic heterocycles. The van der Waals surface area contributed by atoms with Crippen LogP contribution in [0.4, 0.5) is 0 Å². The van der Waals surface area contributed by atoms with Crippen LogP contribution in [-0.2, 0) is 12.8 Å². The van der Waals surface area contributed by atoms with E-state index in [4.69, 9.17) is 0 Å². The van der Waals surface area contributed by atoms with Crippen LogP contribution in [-0.4, -0.2) is 19.0 Å². The van der Waals surface area contributed by atoms with Gasteiger partial charge >= 0.3 is 0 Å². The van der Waals surface area contributed by atoms with Crippen LogP contribution in [0.15, 0.2) is 35.7 Å². The minimum atomic E-state index is -0.0316. The highest BCUT2D eigenvalue weighted by molar-refractivity contribution is 7.10. The van der Waals surface area contributed by atoms with Gasteiger partial charge in [-0.2, -0.15) is 0 Å². The molecule has 0 unspecified atom stereocenters. The van der Waals surface area contributed by atoms with Gasteiger partial charge < -0.3 is 10.6 Å². The molecule has 1 aliphatic rings. The van der Waals surface area contributed by atoms with Crippen LogP contribution in [0, 0.1) is 5.41 Å². The lowest BCUT2D eigenvalue weighted by Crippen LogP contribution is -2.36. The van der Waals surface area contributed by atoms with Crippen molar-refractivity contribution in [2.75, 3.05) is 13.1 Å². The van der Waals surface area contributed by atoms with Gasteiger partial charge in [-0.3, -0.25) is 4.79 Å². The van der Waals surface area contributed by atoms with Crippen molar-refractivity contribution in [2.24, 2.45) is 5.41 Å². The first-order valence-electron chi connectivity index (χ1n) is 8.62. The van der Waals surface area contributed by atoms with Crippen LogP contribution in [0.1, 0.15) is 53.2 Å². The number of hydrogen-bond donors (Lipinski definition) is 2. The molecule has 0 bridgehead atoms. The highest BCUT2D eigenvalue weighted by Gasteiger charge is 2.29. The third-order valence-corrected chi connectivity index (χ3v) is 5.52. The average Bonchev–Trinajstić information content (AvgIpc) is 2.95. The minimum Gasteiger partial charge on any atom is -0.344 e. The second kappa shape index (κ2) is 7.08. The molecule has 1 aromatic heterocycles. The van der Waals surface area contributed by atoms with Gasteiger partial charge in [0.05, 0.1) is 6.04 Å². The fourth-order valence-electron chi connectivity index (χ4n) is 3.20. The second-order valence-electron chi connectivity index (χ2n) is 7.52. The minimum absolute atomic E-state index is 0.0170. The summed E-state index contributed by atoms with van der Waals surface area (Å²) in [5, 5.41) is 8.73. The van der Waals surface area contributed by atoms with E-state index in [2.05, 4.69) is 55.0 Å². The number of amides is 1. The van der Waals surface area contributed by atoms with E-state index in [9.17, 15) is 4.79 Å². The zero-order chi connectivity index (χ0) is 17.2. The molecule has 0 radical (unpaired) electrons. The van der Waals surface area contributed by atoms with Gasteiger partial charge in [0.2, 0.25) is 0 Å². The van der Waals surface area contributed by atoms with E-state index in [1.54, 1.807) is 11.3 Å². The summed E-state index contributed by atoms with van der Waals surface area (Å²) in [6.45, 7) is 8.50. The largest absolute Gasteiger partial charge is 0.344 e. The summed E-state index contributed by atoms with van der Waals surface area (Å²) in [6, 6.07) is 10.3. The molecule has 2 aromatic rings. The van der Waals surface area contributed by atoms with Crippen LogP contribution in [0.25, 0.3) is 0 Å². The molecule has 0 spiro atoms. The van der Waals surface area contributed by atoms with Gasteiger partial charge in [-0.1, -0.05) is 32.9 Å². The first-order valence-corrected chi connectivity index (χ1v) is 9.50. The number of carbonyl (C=O) groups excluding carboxylic acids is 1. The van der Waals surface area contributed by atoms with Gasteiger partial charge in [-0.25, -0.2) is 0 Å². The fraction of sp³-hybridized carbons (Fsp3) is 0.450. The molecule has 128 valence electrons. The van der Waals surface area contributed by atoms with Gasteiger partial charge in [-0.05, 0) is 66.1 Å². The highest BCUT2D eigenvalue weighted by Crippen LogP contribution is 2.35. The number of fused-ring (bicyclic) bond motifs is 1. The summed E-state index contributed by atoms with van der Waals surface area (Å²) in [4.78, 5) is 14.1. The molecule has 0 aliphatic carbocycles. The van der Waals surface area contributed by atoms with Crippen molar-refractivity contribution in [3.05, 3.63) is 57.3 Å². The molecule has 1 atom stereocenters. The lowest BCUT2D eigenvalue weighted by atomic mass is 9.85. The molecule has 2 heterocycles. The summed E-state index contributed by atoms with van der Waals surface area (Å²) in [6.07, 6.45) is 2.03. The Balaban J connectivity index is 1.82. The quantitative estimate of drug-likeness (QED) is 0.887. The zero-order valence-corrected chi connectivity index (χ0v) is 15.5. The number of benzene rings is 1. The monoisotopic (exact) mass is 342 g/mol. The van der Waals surface area contributed by atoms with Crippen molar-refractivity contribution in [2.45, 2.75) is 39.7 Å². The highest BCUT2D eigenvalue weighted by atomic mass is 32.1.